The van der Waals surface area contributed by atoms with Gasteiger partial charge in [0.2, 0.25) is 10.0 Å². The molecule has 0 aliphatic carbocycles. The van der Waals surface area contributed by atoms with Gasteiger partial charge in [0.05, 0.1) is 9.82 Å². The second-order valence-corrected chi connectivity index (χ2v) is 6.99. The van der Waals surface area contributed by atoms with Crippen LogP contribution in [0.4, 0.5) is 5.69 Å². The molecule has 0 amide bonds. The molecule has 9 heteroatoms. The molecule has 1 aliphatic rings. The van der Waals surface area contributed by atoms with E-state index in [4.69, 9.17) is 5.73 Å². The van der Waals surface area contributed by atoms with Gasteiger partial charge < -0.3 is 5.73 Å². The number of nitro groups is 1. The number of nitro benzene ring substituents is 1. The van der Waals surface area contributed by atoms with Crippen LogP contribution in [0.5, 0.6) is 0 Å². The predicted octanol–water partition coefficient (Wildman–Crippen LogP) is 1.37. The summed E-state index contributed by atoms with van der Waals surface area (Å²) >= 11 is 0. The molecule has 1 aliphatic heterocycles. The van der Waals surface area contributed by atoms with E-state index in [2.05, 4.69) is 0 Å². The molecule has 118 valence electrons. The molecular weight excluding hydrogens is 318 g/mol. The Bertz CT molecular complexity index is 623. The molecule has 7 nitrogen and oxygen atoms in total. The SMILES string of the molecule is CC1CN(S(=O)(=O)c2cccc([N+](=O)[O-])c2)CCC1N.Cl. The number of nitrogens with two attached hydrogens (primary N) is 1. The minimum atomic E-state index is -3.70. The number of piperidine rings is 1. The van der Waals surface area contributed by atoms with Gasteiger partial charge in [-0.1, -0.05) is 13.0 Å². The summed E-state index contributed by atoms with van der Waals surface area (Å²) in [4.78, 5) is 10.1. The summed E-state index contributed by atoms with van der Waals surface area (Å²) in [6, 6.07) is 5.11. The van der Waals surface area contributed by atoms with E-state index in [0.717, 1.165) is 6.07 Å². The molecule has 0 bridgehead atoms. The van der Waals surface area contributed by atoms with Crippen LogP contribution < -0.4 is 5.73 Å². The molecule has 1 fully saturated rings. The zero-order chi connectivity index (χ0) is 14.9. The quantitative estimate of drug-likeness (QED) is 0.663. The van der Waals surface area contributed by atoms with Crippen LogP contribution in [0.2, 0.25) is 0 Å². The zero-order valence-corrected chi connectivity index (χ0v) is 13.1. The fourth-order valence-corrected chi connectivity index (χ4v) is 3.85. The summed E-state index contributed by atoms with van der Waals surface area (Å²) in [6.07, 6.45) is 0.593. The van der Waals surface area contributed by atoms with Gasteiger partial charge in [0.25, 0.3) is 5.69 Å². The van der Waals surface area contributed by atoms with Gasteiger partial charge in [-0.3, -0.25) is 10.1 Å². The molecule has 0 saturated carbocycles. The Morgan fingerprint density at radius 1 is 1.43 bits per heavy atom. The van der Waals surface area contributed by atoms with Crippen molar-refractivity contribution >= 4 is 28.1 Å². The smallest absolute Gasteiger partial charge is 0.270 e. The molecular formula is C12H18ClN3O4S. The largest absolute Gasteiger partial charge is 0.327 e. The van der Waals surface area contributed by atoms with Crippen LogP contribution in [-0.4, -0.2) is 36.8 Å². The highest BCUT2D eigenvalue weighted by Crippen LogP contribution is 2.25. The molecule has 2 N–H and O–H groups in total. The highest BCUT2D eigenvalue weighted by atomic mass is 35.5. The Balaban J connectivity index is 0.00000220. The normalized spacial score (nSPS) is 23.3. The van der Waals surface area contributed by atoms with Crippen LogP contribution in [0.15, 0.2) is 29.2 Å². The summed E-state index contributed by atoms with van der Waals surface area (Å²) in [5.41, 5.74) is 5.65. The number of sulfonamides is 1. The highest BCUT2D eigenvalue weighted by molar-refractivity contribution is 7.89. The standard InChI is InChI=1S/C12H17N3O4S.ClH/c1-9-8-14(6-5-12(9)13)20(18,19)11-4-2-3-10(7-11)15(16)17;/h2-4,7,9,12H,5-6,8,13H2,1H3;1H. The number of hydrogen-bond acceptors (Lipinski definition) is 5. The molecule has 2 atom stereocenters. The lowest BCUT2D eigenvalue weighted by Gasteiger charge is -2.34. The fraction of sp³-hybridized carbons (Fsp3) is 0.500. The van der Waals surface area contributed by atoms with Crippen molar-refractivity contribution in [1.29, 1.82) is 0 Å². The molecule has 0 aromatic heterocycles. The van der Waals surface area contributed by atoms with E-state index >= 15 is 0 Å². The molecule has 2 unspecified atom stereocenters. The molecule has 0 spiro atoms. The van der Waals surface area contributed by atoms with Gasteiger partial charge in [0.1, 0.15) is 0 Å². The van der Waals surface area contributed by atoms with Gasteiger partial charge >= 0.3 is 0 Å². The first-order valence-corrected chi connectivity index (χ1v) is 7.76. The predicted molar refractivity (Wildman–Crippen MR) is 80.9 cm³/mol. The average Bonchev–Trinajstić information content (AvgIpc) is 2.42. The molecule has 1 aromatic carbocycles. The Hall–Kier alpha value is -1.22. The van der Waals surface area contributed by atoms with Crippen LogP contribution in [-0.2, 0) is 10.0 Å². The number of benzene rings is 1. The minimum absolute atomic E-state index is 0. The van der Waals surface area contributed by atoms with Gasteiger partial charge in [-0.15, -0.1) is 12.4 Å². The second kappa shape index (κ2) is 6.69. The number of hydrogen-bond donors (Lipinski definition) is 1. The fourth-order valence-electron chi connectivity index (χ4n) is 2.25. The van der Waals surface area contributed by atoms with E-state index < -0.39 is 14.9 Å². The summed E-state index contributed by atoms with van der Waals surface area (Å²) < 4.78 is 26.3. The van der Waals surface area contributed by atoms with Gasteiger partial charge in [-0.2, -0.15) is 4.31 Å². The highest BCUT2D eigenvalue weighted by Gasteiger charge is 2.32. The number of rotatable bonds is 3. The third-order valence-corrected chi connectivity index (χ3v) is 5.46. The Morgan fingerprint density at radius 3 is 2.67 bits per heavy atom. The van der Waals surface area contributed by atoms with Crippen LogP contribution in [0.1, 0.15) is 13.3 Å². The zero-order valence-electron chi connectivity index (χ0n) is 11.5. The number of halogens is 1. The first-order chi connectivity index (χ1) is 9.32. The lowest BCUT2D eigenvalue weighted by molar-refractivity contribution is -0.385. The van der Waals surface area contributed by atoms with Gasteiger partial charge in [-0.05, 0) is 18.4 Å². The lowest BCUT2D eigenvalue weighted by atomic mass is 9.96. The number of non-ortho nitro benzene ring substituents is 1. The maximum Gasteiger partial charge on any atom is 0.270 e. The summed E-state index contributed by atoms with van der Waals surface area (Å²) in [5, 5.41) is 10.7. The Labute approximate surface area is 129 Å². The topological polar surface area (TPSA) is 107 Å². The van der Waals surface area contributed by atoms with Crippen molar-refractivity contribution in [2.45, 2.75) is 24.3 Å². The summed E-state index contributed by atoms with van der Waals surface area (Å²) in [7, 11) is -3.70. The average molecular weight is 336 g/mol. The van der Waals surface area contributed by atoms with Crippen molar-refractivity contribution < 1.29 is 13.3 Å². The van der Waals surface area contributed by atoms with E-state index in [1.54, 1.807) is 0 Å². The number of nitrogens with zero attached hydrogens (tertiary/aromatic N) is 2. The molecule has 1 heterocycles. The molecule has 1 saturated heterocycles. The Morgan fingerprint density at radius 2 is 2.10 bits per heavy atom. The maximum absolute atomic E-state index is 12.5. The minimum Gasteiger partial charge on any atom is -0.327 e. The molecule has 21 heavy (non-hydrogen) atoms. The van der Waals surface area contributed by atoms with Gasteiger partial charge in [0.15, 0.2) is 0 Å². The van der Waals surface area contributed by atoms with Crippen LogP contribution in [0.25, 0.3) is 0 Å². The van der Waals surface area contributed by atoms with E-state index in [1.807, 2.05) is 6.92 Å². The summed E-state index contributed by atoms with van der Waals surface area (Å²) in [6.45, 7) is 2.59. The van der Waals surface area contributed by atoms with E-state index in [0.29, 0.717) is 19.5 Å². The molecule has 1 aromatic rings. The van der Waals surface area contributed by atoms with E-state index in [-0.39, 0.29) is 34.9 Å². The van der Waals surface area contributed by atoms with Crippen molar-refractivity contribution in [3.63, 3.8) is 0 Å². The van der Waals surface area contributed by atoms with Crippen molar-refractivity contribution in [1.82, 2.24) is 4.31 Å². The van der Waals surface area contributed by atoms with E-state index in [1.165, 1.54) is 22.5 Å². The first kappa shape index (κ1) is 17.8. The van der Waals surface area contributed by atoms with Crippen LogP contribution >= 0.6 is 12.4 Å². The molecule has 0 radical (unpaired) electrons. The van der Waals surface area contributed by atoms with Crippen molar-refractivity contribution in [2.75, 3.05) is 13.1 Å². The lowest BCUT2D eigenvalue weighted by Crippen LogP contribution is -2.48. The first-order valence-electron chi connectivity index (χ1n) is 6.32. The van der Waals surface area contributed by atoms with Gasteiger partial charge in [-0.25, -0.2) is 8.42 Å². The third kappa shape index (κ3) is 3.70. The van der Waals surface area contributed by atoms with Crippen molar-refractivity contribution in [2.24, 2.45) is 11.7 Å². The maximum atomic E-state index is 12.5. The van der Waals surface area contributed by atoms with Crippen LogP contribution in [0.3, 0.4) is 0 Å². The second-order valence-electron chi connectivity index (χ2n) is 5.05. The summed E-state index contributed by atoms with van der Waals surface area (Å²) in [5.74, 6) is 0.0669. The molecule has 2 rings (SSSR count). The van der Waals surface area contributed by atoms with Crippen molar-refractivity contribution in [3.05, 3.63) is 34.4 Å². The monoisotopic (exact) mass is 335 g/mol. The van der Waals surface area contributed by atoms with Gasteiger partial charge in [0, 0.05) is 31.3 Å². The van der Waals surface area contributed by atoms with Crippen molar-refractivity contribution in [3.8, 4) is 0 Å². The van der Waals surface area contributed by atoms with Crippen LogP contribution in [0, 0.1) is 16.0 Å². The van der Waals surface area contributed by atoms with E-state index in [9.17, 15) is 18.5 Å². The third-order valence-electron chi connectivity index (χ3n) is 3.60. The Kier molecular flexibility index (Phi) is 5.68.